The number of amides is 1. The summed E-state index contributed by atoms with van der Waals surface area (Å²) in [5, 5.41) is 5.67. The minimum Gasteiger partial charge on any atom is -0.489 e. The molecule has 0 spiro atoms. The Balaban J connectivity index is 1.47. The van der Waals surface area contributed by atoms with Crippen molar-refractivity contribution in [1.82, 2.24) is 0 Å². The van der Waals surface area contributed by atoms with Crippen LogP contribution in [0.2, 0.25) is 5.02 Å². The first-order valence-corrected chi connectivity index (χ1v) is 9.29. The second-order valence-electron chi connectivity index (χ2n) is 5.99. The SMILES string of the molecule is O=C1C[C@@H](c2ccc(OCc3ccc(Cl)cc3)cc2)c2sccc2N1. The zero-order valence-corrected chi connectivity index (χ0v) is 14.9. The largest absolute Gasteiger partial charge is 0.489 e. The molecule has 1 aliphatic rings. The van der Waals surface area contributed by atoms with Gasteiger partial charge in [-0.25, -0.2) is 0 Å². The smallest absolute Gasteiger partial charge is 0.225 e. The maximum atomic E-state index is 11.9. The fraction of sp³-hybridized carbons (Fsp3) is 0.150. The van der Waals surface area contributed by atoms with Crippen LogP contribution >= 0.6 is 22.9 Å². The van der Waals surface area contributed by atoms with Crippen molar-refractivity contribution < 1.29 is 9.53 Å². The lowest BCUT2D eigenvalue weighted by molar-refractivity contribution is -0.116. The van der Waals surface area contributed by atoms with E-state index in [1.807, 2.05) is 60.0 Å². The molecule has 0 aliphatic carbocycles. The Morgan fingerprint density at radius 3 is 2.60 bits per heavy atom. The summed E-state index contributed by atoms with van der Waals surface area (Å²) in [7, 11) is 0. The first kappa shape index (κ1) is 16.2. The molecule has 1 atom stereocenters. The number of nitrogens with one attached hydrogen (secondary N) is 1. The van der Waals surface area contributed by atoms with E-state index >= 15 is 0 Å². The molecule has 126 valence electrons. The van der Waals surface area contributed by atoms with Gasteiger partial charge in [-0.05, 0) is 46.8 Å². The van der Waals surface area contributed by atoms with Gasteiger partial charge in [-0.2, -0.15) is 0 Å². The Labute approximate surface area is 155 Å². The number of carbonyl (C=O) groups is 1. The predicted molar refractivity (Wildman–Crippen MR) is 102 cm³/mol. The lowest BCUT2D eigenvalue weighted by Crippen LogP contribution is -2.21. The Bertz CT molecular complexity index is 887. The monoisotopic (exact) mass is 369 g/mol. The zero-order valence-electron chi connectivity index (χ0n) is 13.4. The van der Waals surface area contributed by atoms with E-state index in [9.17, 15) is 4.79 Å². The highest BCUT2D eigenvalue weighted by Crippen LogP contribution is 2.40. The second kappa shape index (κ2) is 6.90. The van der Waals surface area contributed by atoms with Gasteiger partial charge in [0.25, 0.3) is 0 Å². The van der Waals surface area contributed by atoms with Crippen molar-refractivity contribution in [3.63, 3.8) is 0 Å². The summed E-state index contributed by atoms with van der Waals surface area (Å²) in [4.78, 5) is 13.1. The van der Waals surface area contributed by atoms with Gasteiger partial charge in [0, 0.05) is 22.2 Å². The van der Waals surface area contributed by atoms with Crippen molar-refractivity contribution in [1.29, 1.82) is 0 Å². The number of fused-ring (bicyclic) bond motifs is 1. The second-order valence-corrected chi connectivity index (χ2v) is 7.37. The maximum absolute atomic E-state index is 11.9. The standard InChI is InChI=1S/C20H16ClNO2S/c21-15-5-1-13(2-6-15)12-24-16-7-3-14(4-8-16)17-11-19(23)22-18-9-10-25-20(17)18/h1-10,17H,11-12H2,(H,22,23)/t17-/m0/s1. The molecule has 0 saturated heterocycles. The number of benzene rings is 2. The van der Waals surface area contributed by atoms with E-state index in [1.165, 1.54) is 4.88 Å². The third-order valence-corrected chi connectivity index (χ3v) is 5.56. The highest BCUT2D eigenvalue weighted by atomic mass is 35.5. The van der Waals surface area contributed by atoms with Gasteiger partial charge in [0.2, 0.25) is 5.91 Å². The van der Waals surface area contributed by atoms with Crippen molar-refractivity contribution in [3.05, 3.63) is 81.0 Å². The average molecular weight is 370 g/mol. The van der Waals surface area contributed by atoms with Gasteiger partial charge in [0.1, 0.15) is 12.4 Å². The Morgan fingerprint density at radius 2 is 1.84 bits per heavy atom. The van der Waals surface area contributed by atoms with E-state index < -0.39 is 0 Å². The number of ether oxygens (including phenoxy) is 1. The third-order valence-electron chi connectivity index (χ3n) is 4.28. The minimum absolute atomic E-state index is 0.0685. The van der Waals surface area contributed by atoms with Crippen LogP contribution in [0.4, 0.5) is 5.69 Å². The van der Waals surface area contributed by atoms with Crippen LogP contribution in [0.5, 0.6) is 5.75 Å². The molecular weight excluding hydrogens is 354 g/mol. The maximum Gasteiger partial charge on any atom is 0.225 e. The fourth-order valence-corrected chi connectivity index (χ4v) is 4.09. The van der Waals surface area contributed by atoms with Gasteiger partial charge in [-0.1, -0.05) is 35.9 Å². The van der Waals surface area contributed by atoms with E-state index in [1.54, 1.807) is 11.3 Å². The first-order valence-electron chi connectivity index (χ1n) is 8.03. The minimum atomic E-state index is 0.0685. The van der Waals surface area contributed by atoms with Crippen LogP contribution in [0.1, 0.15) is 28.3 Å². The number of hydrogen-bond acceptors (Lipinski definition) is 3. The highest BCUT2D eigenvalue weighted by Gasteiger charge is 2.27. The molecule has 0 unspecified atom stereocenters. The van der Waals surface area contributed by atoms with Crippen molar-refractivity contribution in [2.45, 2.75) is 18.9 Å². The molecule has 0 radical (unpaired) electrons. The van der Waals surface area contributed by atoms with E-state index in [2.05, 4.69) is 5.32 Å². The van der Waals surface area contributed by atoms with Crippen LogP contribution in [0.3, 0.4) is 0 Å². The quantitative estimate of drug-likeness (QED) is 0.663. The summed E-state index contributed by atoms with van der Waals surface area (Å²) in [6, 6.07) is 17.6. The summed E-state index contributed by atoms with van der Waals surface area (Å²) in [6.45, 7) is 0.497. The molecule has 1 N–H and O–H groups in total. The molecule has 3 aromatic rings. The average Bonchev–Trinajstić information content (AvgIpc) is 3.09. The van der Waals surface area contributed by atoms with Crippen molar-refractivity contribution in [3.8, 4) is 5.75 Å². The molecule has 3 nitrogen and oxygen atoms in total. The summed E-state index contributed by atoms with van der Waals surface area (Å²) in [5.74, 6) is 0.999. The zero-order chi connectivity index (χ0) is 17.2. The van der Waals surface area contributed by atoms with Crippen LogP contribution in [0.15, 0.2) is 60.0 Å². The van der Waals surface area contributed by atoms with Crippen LogP contribution < -0.4 is 10.1 Å². The molecule has 25 heavy (non-hydrogen) atoms. The van der Waals surface area contributed by atoms with Crippen molar-refractivity contribution in [2.75, 3.05) is 5.32 Å². The third kappa shape index (κ3) is 3.55. The summed E-state index contributed by atoms with van der Waals surface area (Å²) in [6.07, 6.45) is 0.485. The molecule has 5 heteroatoms. The van der Waals surface area contributed by atoms with Crippen LogP contribution in [0.25, 0.3) is 0 Å². The van der Waals surface area contributed by atoms with E-state index in [0.29, 0.717) is 13.0 Å². The molecule has 1 amide bonds. The molecule has 2 aromatic carbocycles. The molecule has 1 aliphatic heterocycles. The summed E-state index contributed by atoms with van der Waals surface area (Å²) < 4.78 is 5.83. The summed E-state index contributed by atoms with van der Waals surface area (Å²) >= 11 is 7.58. The molecule has 2 heterocycles. The van der Waals surface area contributed by atoms with Gasteiger partial charge < -0.3 is 10.1 Å². The Morgan fingerprint density at radius 1 is 1.08 bits per heavy atom. The number of rotatable bonds is 4. The van der Waals surface area contributed by atoms with Crippen LogP contribution in [-0.2, 0) is 11.4 Å². The van der Waals surface area contributed by atoms with Gasteiger partial charge in [-0.15, -0.1) is 11.3 Å². The highest BCUT2D eigenvalue weighted by molar-refractivity contribution is 7.10. The first-order chi connectivity index (χ1) is 12.2. The topological polar surface area (TPSA) is 38.3 Å². The number of thiophene rings is 1. The number of carbonyl (C=O) groups excluding carboxylic acids is 1. The van der Waals surface area contributed by atoms with Crippen molar-refractivity contribution in [2.24, 2.45) is 0 Å². The van der Waals surface area contributed by atoms with Gasteiger partial charge >= 0.3 is 0 Å². The molecule has 4 rings (SSSR count). The molecular formula is C20H16ClNO2S. The normalized spacial score (nSPS) is 16.2. The van der Waals surface area contributed by atoms with Crippen LogP contribution in [0, 0.1) is 0 Å². The molecule has 1 aromatic heterocycles. The fourth-order valence-electron chi connectivity index (χ4n) is 2.99. The van der Waals surface area contributed by atoms with E-state index in [-0.39, 0.29) is 11.8 Å². The molecule has 0 bridgehead atoms. The van der Waals surface area contributed by atoms with Crippen LogP contribution in [-0.4, -0.2) is 5.91 Å². The van der Waals surface area contributed by atoms with Crippen molar-refractivity contribution >= 4 is 34.5 Å². The summed E-state index contributed by atoms with van der Waals surface area (Å²) in [5.41, 5.74) is 3.15. The lowest BCUT2D eigenvalue weighted by atomic mass is 9.91. The lowest BCUT2D eigenvalue weighted by Gasteiger charge is -2.23. The number of anilines is 1. The van der Waals surface area contributed by atoms with Gasteiger partial charge in [0.15, 0.2) is 0 Å². The number of halogens is 1. The molecule has 0 saturated carbocycles. The van der Waals surface area contributed by atoms with E-state index in [0.717, 1.165) is 27.6 Å². The Hall–Kier alpha value is -2.30. The van der Waals surface area contributed by atoms with Gasteiger partial charge in [-0.3, -0.25) is 4.79 Å². The predicted octanol–water partition coefficient (Wildman–Crippen LogP) is 5.45. The number of hydrogen-bond donors (Lipinski definition) is 1. The molecule has 0 fully saturated rings. The van der Waals surface area contributed by atoms with E-state index in [4.69, 9.17) is 16.3 Å². The Kier molecular flexibility index (Phi) is 4.47. The van der Waals surface area contributed by atoms with Gasteiger partial charge in [0.05, 0.1) is 5.69 Å².